The molecule has 1 aliphatic carbocycles. The van der Waals surface area contributed by atoms with Crippen LogP contribution >= 0.6 is 11.3 Å². The summed E-state index contributed by atoms with van der Waals surface area (Å²) in [6.07, 6.45) is 6.39. The summed E-state index contributed by atoms with van der Waals surface area (Å²) in [6.45, 7) is 1.41. The minimum atomic E-state index is -0.190. The Hall–Kier alpha value is -1.20. The molecule has 1 N–H and O–H groups in total. The van der Waals surface area contributed by atoms with Crippen molar-refractivity contribution in [3.8, 4) is 0 Å². The molecule has 2 aromatic rings. The van der Waals surface area contributed by atoms with E-state index >= 15 is 0 Å². The third-order valence-electron chi connectivity index (χ3n) is 3.89. The SMILES string of the molecule is OC1CN(c2ncnc3sc4c(c23)CCCC4)C1. The van der Waals surface area contributed by atoms with E-state index in [0.29, 0.717) is 13.1 Å². The van der Waals surface area contributed by atoms with Crippen LogP contribution in [0, 0.1) is 0 Å². The summed E-state index contributed by atoms with van der Waals surface area (Å²) in [7, 11) is 0. The van der Waals surface area contributed by atoms with E-state index in [9.17, 15) is 5.11 Å². The van der Waals surface area contributed by atoms with Crippen LogP contribution in [0.2, 0.25) is 0 Å². The minimum absolute atomic E-state index is 0.190. The lowest BCUT2D eigenvalue weighted by Crippen LogP contribution is -2.51. The van der Waals surface area contributed by atoms with Gasteiger partial charge >= 0.3 is 0 Å². The summed E-state index contributed by atoms with van der Waals surface area (Å²) >= 11 is 1.83. The van der Waals surface area contributed by atoms with Crippen LogP contribution in [0.3, 0.4) is 0 Å². The molecule has 3 heterocycles. The van der Waals surface area contributed by atoms with E-state index in [2.05, 4.69) is 14.9 Å². The lowest BCUT2D eigenvalue weighted by Gasteiger charge is -2.37. The summed E-state index contributed by atoms with van der Waals surface area (Å²) in [4.78, 5) is 13.7. The fourth-order valence-corrected chi connectivity index (χ4v) is 4.17. The molecule has 5 heteroatoms. The highest BCUT2D eigenvalue weighted by molar-refractivity contribution is 7.19. The quantitative estimate of drug-likeness (QED) is 0.849. The van der Waals surface area contributed by atoms with Crippen molar-refractivity contribution in [1.29, 1.82) is 0 Å². The number of thiophene rings is 1. The maximum atomic E-state index is 9.46. The number of aromatic nitrogens is 2. The topological polar surface area (TPSA) is 49.2 Å². The highest BCUT2D eigenvalue weighted by Crippen LogP contribution is 2.39. The maximum Gasteiger partial charge on any atom is 0.141 e. The van der Waals surface area contributed by atoms with Crippen molar-refractivity contribution in [3.05, 3.63) is 16.8 Å². The minimum Gasteiger partial charge on any atom is -0.389 e. The molecule has 0 saturated carbocycles. The molecular weight excluding hydrogens is 246 g/mol. The third kappa shape index (κ3) is 1.47. The maximum absolute atomic E-state index is 9.46. The molecule has 0 radical (unpaired) electrons. The zero-order valence-electron chi connectivity index (χ0n) is 10.1. The molecule has 0 amide bonds. The lowest BCUT2D eigenvalue weighted by atomic mass is 9.96. The first-order chi connectivity index (χ1) is 8.83. The Morgan fingerprint density at radius 3 is 2.89 bits per heavy atom. The van der Waals surface area contributed by atoms with E-state index in [1.165, 1.54) is 35.1 Å². The van der Waals surface area contributed by atoms with Gasteiger partial charge in [-0.25, -0.2) is 9.97 Å². The van der Waals surface area contributed by atoms with Gasteiger partial charge in [-0.05, 0) is 31.2 Å². The number of aliphatic hydroxyl groups excluding tert-OH is 1. The van der Waals surface area contributed by atoms with Crippen LogP contribution in [0.15, 0.2) is 6.33 Å². The molecule has 1 aliphatic heterocycles. The first-order valence-corrected chi connectivity index (χ1v) is 7.33. The highest BCUT2D eigenvalue weighted by Gasteiger charge is 2.29. The molecule has 0 unspecified atom stereocenters. The van der Waals surface area contributed by atoms with Crippen LogP contribution in [0.4, 0.5) is 5.82 Å². The first-order valence-electron chi connectivity index (χ1n) is 6.51. The Morgan fingerprint density at radius 2 is 2.06 bits per heavy atom. The average Bonchev–Trinajstić information content (AvgIpc) is 2.73. The van der Waals surface area contributed by atoms with E-state index in [1.54, 1.807) is 6.33 Å². The van der Waals surface area contributed by atoms with E-state index < -0.39 is 0 Å². The van der Waals surface area contributed by atoms with Gasteiger partial charge in [0, 0.05) is 18.0 Å². The van der Waals surface area contributed by atoms with Gasteiger partial charge in [-0.1, -0.05) is 0 Å². The Balaban J connectivity index is 1.89. The Morgan fingerprint density at radius 1 is 1.22 bits per heavy atom. The van der Waals surface area contributed by atoms with Gasteiger partial charge in [0.05, 0.1) is 11.5 Å². The van der Waals surface area contributed by atoms with Crippen LogP contribution in [0.1, 0.15) is 23.3 Å². The second-order valence-corrected chi connectivity index (χ2v) is 6.23. The van der Waals surface area contributed by atoms with Crippen LogP contribution in [0.25, 0.3) is 10.2 Å². The number of aliphatic hydroxyl groups is 1. The predicted molar refractivity (Wildman–Crippen MR) is 72.3 cm³/mol. The van der Waals surface area contributed by atoms with E-state index in [1.807, 2.05) is 11.3 Å². The van der Waals surface area contributed by atoms with Crippen LogP contribution in [-0.4, -0.2) is 34.3 Å². The summed E-state index contributed by atoms with van der Waals surface area (Å²) in [5, 5.41) is 10.7. The molecule has 94 valence electrons. The van der Waals surface area contributed by atoms with Crippen molar-refractivity contribution in [2.75, 3.05) is 18.0 Å². The van der Waals surface area contributed by atoms with Crippen molar-refractivity contribution in [3.63, 3.8) is 0 Å². The molecule has 0 spiro atoms. The van der Waals surface area contributed by atoms with Crippen molar-refractivity contribution in [1.82, 2.24) is 9.97 Å². The van der Waals surface area contributed by atoms with Crippen LogP contribution < -0.4 is 4.90 Å². The number of β-amino-alcohol motifs (C(OH)–C–C–N with tert-alkyl or cyclic N) is 1. The van der Waals surface area contributed by atoms with Gasteiger partial charge in [-0.2, -0.15) is 0 Å². The molecule has 2 aliphatic rings. The molecule has 4 nitrogen and oxygen atoms in total. The highest BCUT2D eigenvalue weighted by atomic mass is 32.1. The monoisotopic (exact) mass is 261 g/mol. The Kier molecular flexibility index (Phi) is 2.32. The van der Waals surface area contributed by atoms with Crippen LogP contribution in [-0.2, 0) is 12.8 Å². The smallest absolute Gasteiger partial charge is 0.141 e. The number of nitrogens with zero attached hydrogens (tertiary/aromatic N) is 3. The molecular formula is C13H15N3OS. The average molecular weight is 261 g/mol. The van der Waals surface area contributed by atoms with Gasteiger partial charge in [0.2, 0.25) is 0 Å². The van der Waals surface area contributed by atoms with Gasteiger partial charge in [-0.15, -0.1) is 11.3 Å². The molecule has 0 bridgehead atoms. The fourth-order valence-electron chi connectivity index (χ4n) is 2.94. The van der Waals surface area contributed by atoms with Crippen molar-refractivity contribution in [2.45, 2.75) is 31.8 Å². The van der Waals surface area contributed by atoms with E-state index in [4.69, 9.17) is 0 Å². The molecule has 1 fully saturated rings. The summed E-state index contributed by atoms with van der Waals surface area (Å²) in [6, 6.07) is 0. The molecule has 18 heavy (non-hydrogen) atoms. The number of fused-ring (bicyclic) bond motifs is 3. The zero-order chi connectivity index (χ0) is 12.1. The molecule has 4 rings (SSSR count). The van der Waals surface area contributed by atoms with Crippen molar-refractivity contribution < 1.29 is 5.11 Å². The summed E-state index contributed by atoms with van der Waals surface area (Å²) in [5.74, 6) is 1.03. The normalized spacial score (nSPS) is 19.9. The van der Waals surface area contributed by atoms with Crippen LogP contribution in [0.5, 0.6) is 0 Å². The summed E-state index contributed by atoms with van der Waals surface area (Å²) in [5.41, 5.74) is 1.47. The third-order valence-corrected chi connectivity index (χ3v) is 5.09. The van der Waals surface area contributed by atoms with E-state index in [-0.39, 0.29) is 6.10 Å². The van der Waals surface area contributed by atoms with Gasteiger partial charge in [0.25, 0.3) is 0 Å². The van der Waals surface area contributed by atoms with Crippen molar-refractivity contribution >= 4 is 27.4 Å². The van der Waals surface area contributed by atoms with E-state index in [0.717, 1.165) is 17.1 Å². The largest absolute Gasteiger partial charge is 0.389 e. The Bertz CT molecular complexity index is 604. The van der Waals surface area contributed by atoms with Gasteiger partial charge in [0.15, 0.2) is 0 Å². The summed E-state index contributed by atoms with van der Waals surface area (Å²) < 4.78 is 0. The fraction of sp³-hybridized carbons (Fsp3) is 0.538. The zero-order valence-corrected chi connectivity index (χ0v) is 10.9. The second-order valence-electron chi connectivity index (χ2n) is 5.15. The lowest BCUT2D eigenvalue weighted by molar-refractivity contribution is 0.141. The molecule has 0 aromatic carbocycles. The van der Waals surface area contributed by atoms with Gasteiger partial charge in [-0.3, -0.25) is 0 Å². The Labute approximate surface area is 109 Å². The molecule has 1 saturated heterocycles. The van der Waals surface area contributed by atoms with Gasteiger partial charge in [0.1, 0.15) is 17.0 Å². The van der Waals surface area contributed by atoms with Gasteiger partial charge < -0.3 is 10.0 Å². The molecule has 2 aromatic heterocycles. The number of anilines is 1. The first kappa shape index (κ1) is 10.7. The predicted octanol–water partition coefficient (Wildman–Crippen LogP) is 1.75. The van der Waals surface area contributed by atoms with Crippen molar-refractivity contribution in [2.24, 2.45) is 0 Å². The standard InChI is InChI=1S/C13H15N3OS/c17-8-5-16(6-8)12-11-9-3-1-2-4-10(9)18-13(11)15-7-14-12/h7-8,17H,1-6H2. The number of hydrogen-bond donors (Lipinski definition) is 1. The number of rotatable bonds is 1. The second kappa shape index (κ2) is 3.90. The number of hydrogen-bond acceptors (Lipinski definition) is 5. The molecule has 0 atom stereocenters. The number of aryl methyl sites for hydroxylation is 2.